The van der Waals surface area contributed by atoms with E-state index in [1.807, 2.05) is 0 Å². The zero-order valence-corrected chi connectivity index (χ0v) is 13.2. The lowest BCUT2D eigenvalue weighted by Gasteiger charge is -2.27. The van der Waals surface area contributed by atoms with Gasteiger partial charge in [0.1, 0.15) is 0 Å². The van der Waals surface area contributed by atoms with E-state index >= 15 is 0 Å². The summed E-state index contributed by atoms with van der Waals surface area (Å²) in [6.07, 6.45) is 1.07. The van der Waals surface area contributed by atoms with Crippen molar-refractivity contribution in [1.29, 1.82) is 0 Å². The summed E-state index contributed by atoms with van der Waals surface area (Å²) in [5.41, 5.74) is 2.27. The van der Waals surface area contributed by atoms with E-state index in [0.717, 1.165) is 25.2 Å². The van der Waals surface area contributed by atoms with Crippen LogP contribution in [0.2, 0.25) is 0 Å². The molecule has 0 aromatic heterocycles. The Morgan fingerprint density at radius 2 is 1.84 bits per heavy atom. The normalized spacial score (nSPS) is 10.4. The molecule has 0 bridgehead atoms. The molecule has 0 unspecified atom stereocenters. The van der Waals surface area contributed by atoms with Crippen molar-refractivity contribution in [2.45, 2.75) is 40.2 Å². The fourth-order valence-corrected chi connectivity index (χ4v) is 2.22. The van der Waals surface area contributed by atoms with Gasteiger partial charge in [0.15, 0.2) is 5.11 Å². The average molecular weight is 279 g/mol. The van der Waals surface area contributed by atoms with Crippen molar-refractivity contribution in [3.8, 4) is 0 Å². The maximum absolute atomic E-state index is 5.22. The quantitative estimate of drug-likeness (QED) is 0.778. The van der Waals surface area contributed by atoms with Gasteiger partial charge in [0.05, 0.1) is 0 Å². The van der Waals surface area contributed by atoms with Crippen LogP contribution in [0, 0.1) is 0 Å². The van der Waals surface area contributed by atoms with Gasteiger partial charge in [-0.3, -0.25) is 0 Å². The third kappa shape index (κ3) is 5.07. The third-order valence-corrected chi connectivity index (χ3v) is 3.20. The molecule has 3 nitrogen and oxygen atoms in total. The Labute approximate surface area is 122 Å². The Morgan fingerprint density at radius 1 is 1.21 bits per heavy atom. The molecule has 4 heteroatoms. The van der Waals surface area contributed by atoms with E-state index < -0.39 is 0 Å². The van der Waals surface area contributed by atoms with Crippen LogP contribution < -0.4 is 15.5 Å². The van der Waals surface area contributed by atoms with Gasteiger partial charge in [-0.1, -0.05) is 6.92 Å². The first-order valence-electron chi connectivity index (χ1n) is 7.00. The highest BCUT2D eigenvalue weighted by molar-refractivity contribution is 7.80. The predicted octanol–water partition coefficient (Wildman–Crippen LogP) is 3.62. The lowest BCUT2D eigenvalue weighted by Crippen LogP contribution is -2.30. The van der Waals surface area contributed by atoms with Crippen molar-refractivity contribution in [1.82, 2.24) is 5.32 Å². The molecule has 1 rings (SSSR count). The number of anilines is 2. The molecule has 0 atom stereocenters. The van der Waals surface area contributed by atoms with Crippen LogP contribution in [0.25, 0.3) is 0 Å². The molecule has 106 valence electrons. The minimum absolute atomic E-state index is 0.510. The molecular formula is C15H25N3S. The molecule has 0 amide bonds. The SMILES string of the molecule is CCCNC(=S)Nc1ccc(N(CC)C(C)C)cc1. The Morgan fingerprint density at radius 3 is 2.32 bits per heavy atom. The zero-order chi connectivity index (χ0) is 14.3. The van der Waals surface area contributed by atoms with E-state index in [1.54, 1.807) is 0 Å². The number of rotatable bonds is 6. The largest absolute Gasteiger partial charge is 0.369 e. The van der Waals surface area contributed by atoms with Gasteiger partial charge in [-0.25, -0.2) is 0 Å². The lowest BCUT2D eigenvalue weighted by atomic mass is 10.2. The third-order valence-electron chi connectivity index (χ3n) is 2.96. The minimum Gasteiger partial charge on any atom is -0.369 e. The molecule has 0 spiro atoms. The second-order valence-electron chi connectivity index (χ2n) is 4.81. The number of hydrogen-bond acceptors (Lipinski definition) is 2. The summed E-state index contributed by atoms with van der Waals surface area (Å²) >= 11 is 5.22. The van der Waals surface area contributed by atoms with Crippen molar-refractivity contribution in [2.24, 2.45) is 0 Å². The van der Waals surface area contributed by atoms with E-state index in [4.69, 9.17) is 12.2 Å². The molecule has 2 N–H and O–H groups in total. The van der Waals surface area contributed by atoms with Crippen molar-refractivity contribution >= 4 is 28.7 Å². The number of thiocarbonyl (C=S) groups is 1. The molecule has 19 heavy (non-hydrogen) atoms. The first-order chi connectivity index (χ1) is 9.08. The minimum atomic E-state index is 0.510. The second kappa shape index (κ2) is 8.00. The lowest BCUT2D eigenvalue weighted by molar-refractivity contribution is 0.704. The Bertz CT molecular complexity index is 387. The van der Waals surface area contributed by atoms with E-state index in [2.05, 4.69) is 67.5 Å². The number of nitrogens with zero attached hydrogens (tertiary/aromatic N) is 1. The first kappa shape index (κ1) is 15.8. The summed E-state index contributed by atoms with van der Waals surface area (Å²) in [6, 6.07) is 8.92. The summed E-state index contributed by atoms with van der Waals surface area (Å²) in [5, 5.41) is 7.04. The van der Waals surface area contributed by atoms with Crippen LogP contribution in [0.1, 0.15) is 34.1 Å². The number of nitrogens with one attached hydrogen (secondary N) is 2. The smallest absolute Gasteiger partial charge is 0.170 e. The monoisotopic (exact) mass is 279 g/mol. The summed E-state index contributed by atoms with van der Waals surface area (Å²) in [4.78, 5) is 2.36. The van der Waals surface area contributed by atoms with Gasteiger partial charge < -0.3 is 15.5 Å². The molecule has 0 fully saturated rings. The van der Waals surface area contributed by atoms with Gasteiger partial charge in [0.2, 0.25) is 0 Å². The van der Waals surface area contributed by atoms with Crippen LogP contribution in [0.3, 0.4) is 0 Å². The van der Waals surface area contributed by atoms with Crippen molar-refractivity contribution < 1.29 is 0 Å². The fourth-order valence-electron chi connectivity index (χ4n) is 2.00. The predicted molar refractivity (Wildman–Crippen MR) is 89.1 cm³/mol. The zero-order valence-electron chi connectivity index (χ0n) is 12.4. The van der Waals surface area contributed by atoms with E-state index in [9.17, 15) is 0 Å². The van der Waals surface area contributed by atoms with Crippen LogP contribution >= 0.6 is 12.2 Å². The molecule has 0 heterocycles. The van der Waals surface area contributed by atoms with Gasteiger partial charge in [-0.2, -0.15) is 0 Å². The average Bonchev–Trinajstić information content (AvgIpc) is 2.39. The van der Waals surface area contributed by atoms with Crippen LogP contribution in [0.5, 0.6) is 0 Å². The van der Waals surface area contributed by atoms with Crippen LogP contribution in [-0.2, 0) is 0 Å². The number of hydrogen-bond donors (Lipinski definition) is 2. The summed E-state index contributed by atoms with van der Waals surface area (Å²) < 4.78 is 0. The fraction of sp³-hybridized carbons (Fsp3) is 0.533. The Kier molecular flexibility index (Phi) is 6.64. The highest BCUT2D eigenvalue weighted by Crippen LogP contribution is 2.19. The summed E-state index contributed by atoms with van der Waals surface area (Å²) in [6.45, 7) is 10.6. The van der Waals surface area contributed by atoms with Gasteiger partial charge >= 0.3 is 0 Å². The molecule has 0 saturated heterocycles. The van der Waals surface area contributed by atoms with Crippen LogP contribution in [0.4, 0.5) is 11.4 Å². The van der Waals surface area contributed by atoms with E-state index in [0.29, 0.717) is 11.2 Å². The van der Waals surface area contributed by atoms with Gasteiger partial charge in [-0.15, -0.1) is 0 Å². The first-order valence-corrected chi connectivity index (χ1v) is 7.40. The van der Waals surface area contributed by atoms with Gasteiger partial charge in [0.25, 0.3) is 0 Å². The molecule has 0 aliphatic heterocycles. The molecule has 1 aromatic carbocycles. The molecular weight excluding hydrogens is 254 g/mol. The Hall–Kier alpha value is -1.29. The topological polar surface area (TPSA) is 27.3 Å². The molecule has 0 saturated carbocycles. The second-order valence-corrected chi connectivity index (χ2v) is 5.22. The highest BCUT2D eigenvalue weighted by atomic mass is 32.1. The maximum Gasteiger partial charge on any atom is 0.170 e. The molecule has 0 radical (unpaired) electrons. The maximum atomic E-state index is 5.22. The summed E-state index contributed by atoms with van der Waals surface area (Å²) in [7, 11) is 0. The molecule has 0 aliphatic rings. The van der Waals surface area contributed by atoms with Crippen molar-refractivity contribution in [3.05, 3.63) is 24.3 Å². The van der Waals surface area contributed by atoms with Crippen molar-refractivity contribution in [2.75, 3.05) is 23.3 Å². The van der Waals surface area contributed by atoms with Gasteiger partial charge in [0, 0.05) is 30.5 Å². The van der Waals surface area contributed by atoms with Gasteiger partial charge in [-0.05, 0) is 63.7 Å². The summed E-state index contributed by atoms with van der Waals surface area (Å²) in [5.74, 6) is 0. The Balaban J connectivity index is 2.63. The van der Waals surface area contributed by atoms with E-state index in [1.165, 1.54) is 5.69 Å². The molecule has 1 aromatic rings. The standard InChI is InChI=1S/C15H25N3S/c1-5-11-16-15(19)17-13-7-9-14(10-8-13)18(6-2)12(3)4/h7-10,12H,5-6,11H2,1-4H3,(H2,16,17,19). The van der Waals surface area contributed by atoms with E-state index in [-0.39, 0.29) is 0 Å². The van der Waals surface area contributed by atoms with Crippen molar-refractivity contribution in [3.63, 3.8) is 0 Å². The highest BCUT2D eigenvalue weighted by Gasteiger charge is 2.07. The number of benzene rings is 1. The van der Waals surface area contributed by atoms with Crippen LogP contribution in [0.15, 0.2) is 24.3 Å². The molecule has 0 aliphatic carbocycles. The van der Waals surface area contributed by atoms with Crippen LogP contribution in [-0.4, -0.2) is 24.2 Å².